The van der Waals surface area contributed by atoms with Crippen LogP contribution < -0.4 is 0 Å². The number of benzene rings is 9. The molecule has 0 aliphatic carbocycles. The summed E-state index contributed by atoms with van der Waals surface area (Å²) in [6, 6.07) is 69.3. The van der Waals surface area contributed by atoms with Gasteiger partial charge in [-0.25, -0.2) is 15.0 Å². The standard InChI is InChI=1S/C55H33ClN4O/c56-47-33-51-46(32-44(47)36-25-22-35(23-26-36)39-27-24-34-12-7-8-15-38(34)30-39)52-43(19-11-21-50(52)61-51)55-58-53(37-13-3-1-4-14-37)57-54(59-55)40-28-29-49-45(31-40)42-18-9-10-20-48(42)60(49)41-16-5-2-6-17-41/h1-33H. The van der Waals surface area contributed by atoms with Gasteiger partial charge in [-0.15, -0.1) is 0 Å². The predicted octanol–water partition coefficient (Wildman–Crippen LogP) is 15.0. The fraction of sp³-hybridized carbons (Fsp3) is 0. The number of hydrogen-bond donors (Lipinski definition) is 0. The van der Waals surface area contributed by atoms with Crippen molar-refractivity contribution in [1.29, 1.82) is 0 Å². The fourth-order valence-electron chi connectivity index (χ4n) is 8.78. The summed E-state index contributed by atoms with van der Waals surface area (Å²) in [5, 5.41) is 7.19. The third-order valence-electron chi connectivity index (χ3n) is 11.7. The molecule has 12 rings (SSSR count). The molecule has 0 aliphatic heterocycles. The van der Waals surface area contributed by atoms with Gasteiger partial charge in [0.15, 0.2) is 17.5 Å². The molecule has 0 fully saturated rings. The highest BCUT2D eigenvalue weighted by Gasteiger charge is 2.21. The van der Waals surface area contributed by atoms with E-state index < -0.39 is 0 Å². The Bertz CT molecular complexity index is 3650. The average molecular weight is 801 g/mol. The molecule has 0 amide bonds. The first kappa shape index (κ1) is 35.1. The number of nitrogens with zero attached hydrogens (tertiary/aromatic N) is 4. The zero-order valence-electron chi connectivity index (χ0n) is 32.6. The molecule has 0 unspecified atom stereocenters. The van der Waals surface area contributed by atoms with Crippen LogP contribution in [0.25, 0.3) is 117 Å². The quantitative estimate of drug-likeness (QED) is 0.168. The number of fused-ring (bicyclic) bond motifs is 7. The van der Waals surface area contributed by atoms with Crippen LogP contribution in [0.15, 0.2) is 205 Å². The van der Waals surface area contributed by atoms with Crippen LogP contribution in [0.1, 0.15) is 0 Å². The second-order valence-corrected chi connectivity index (χ2v) is 15.7. The zero-order valence-corrected chi connectivity index (χ0v) is 33.4. The highest BCUT2D eigenvalue weighted by atomic mass is 35.5. The van der Waals surface area contributed by atoms with E-state index in [2.05, 4.69) is 150 Å². The Hall–Kier alpha value is -7.86. The molecule has 0 atom stereocenters. The molecule has 9 aromatic carbocycles. The van der Waals surface area contributed by atoms with E-state index in [-0.39, 0.29) is 0 Å². The Balaban J connectivity index is 1.01. The Morgan fingerprint density at radius 3 is 1.87 bits per heavy atom. The van der Waals surface area contributed by atoms with Crippen LogP contribution in [0.2, 0.25) is 5.02 Å². The van der Waals surface area contributed by atoms with Gasteiger partial charge in [-0.3, -0.25) is 0 Å². The van der Waals surface area contributed by atoms with Crippen LogP contribution in [0.4, 0.5) is 0 Å². The van der Waals surface area contributed by atoms with Gasteiger partial charge in [0.2, 0.25) is 0 Å². The summed E-state index contributed by atoms with van der Waals surface area (Å²) in [6.45, 7) is 0. The van der Waals surface area contributed by atoms with Crippen molar-refractivity contribution in [3.63, 3.8) is 0 Å². The minimum Gasteiger partial charge on any atom is -0.456 e. The Kier molecular flexibility index (Phi) is 8.15. The van der Waals surface area contributed by atoms with E-state index in [1.165, 1.54) is 16.3 Å². The van der Waals surface area contributed by atoms with Gasteiger partial charge in [-0.1, -0.05) is 151 Å². The summed E-state index contributed by atoms with van der Waals surface area (Å²) in [5.41, 5.74) is 11.7. The molecule has 0 spiro atoms. The largest absolute Gasteiger partial charge is 0.456 e. The average Bonchev–Trinajstić information content (AvgIpc) is 3.86. The molecule has 0 bridgehead atoms. The molecule has 0 aliphatic rings. The molecule has 0 saturated carbocycles. The zero-order chi connectivity index (χ0) is 40.4. The molecule has 286 valence electrons. The Morgan fingerprint density at radius 2 is 1.03 bits per heavy atom. The van der Waals surface area contributed by atoms with E-state index in [0.29, 0.717) is 28.1 Å². The van der Waals surface area contributed by atoms with Crippen molar-refractivity contribution in [2.24, 2.45) is 0 Å². The van der Waals surface area contributed by atoms with Crippen LogP contribution >= 0.6 is 11.6 Å². The third-order valence-corrected chi connectivity index (χ3v) is 12.0. The van der Waals surface area contributed by atoms with Gasteiger partial charge < -0.3 is 8.98 Å². The van der Waals surface area contributed by atoms with Crippen molar-refractivity contribution < 1.29 is 4.42 Å². The molecule has 3 heterocycles. The first-order valence-corrected chi connectivity index (χ1v) is 20.7. The molecule has 5 nitrogen and oxygen atoms in total. The number of aromatic nitrogens is 4. The monoisotopic (exact) mass is 800 g/mol. The minimum absolute atomic E-state index is 0.556. The van der Waals surface area contributed by atoms with Crippen molar-refractivity contribution in [3.05, 3.63) is 205 Å². The maximum Gasteiger partial charge on any atom is 0.164 e. The second kappa shape index (κ2) is 14.2. The van der Waals surface area contributed by atoms with E-state index in [4.69, 9.17) is 31.0 Å². The van der Waals surface area contributed by atoms with Crippen molar-refractivity contribution in [3.8, 4) is 62.1 Å². The van der Waals surface area contributed by atoms with Gasteiger partial charge in [0.25, 0.3) is 0 Å². The van der Waals surface area contributed by atoms with Gasteiger partial charge in [0.1, 0.15) is 11.2 Å². The van der Waals surface area contributed by atoms with Gasteiger partial charge >= 0.3 is 0 Å². The lowest BCUT2D eigenvalue weighted by molar-refractivity contribution is 0.669. The highest BCUT2D eigenvalue weighted by Crippen LogP contribution is 2.42. The van der Waals surface area contributed by atoms with E-state index >= 15 is 0 Å². The topological polar surface area (TPSA) is 56.7 Å². The SMILES string of the molecule is Clc1cc2oc3cccc(-c4nc(-c5ccccc5)nc(-c5ccc6c(c5)c5ccccc5n6-c5ccccc5)n4)c3c2cc1-c1ccc(-c2ccc3ccccc3c2)cc1. The van der Waals surface area contributed by atoms with Crippen LogP contribution in [0.3, 0.4) is 0 Å². The molecule has 0 N–H and O–H groups in total. The fourth-order valence-corrected chi connectivity index (χ4v) is 9.04. The maximum atomic E-state index is 7.04. The predicted molar refractivity (Wildman–Crippen MR) is 251 cm³/mol. The lowest BCUT2D eigenvalue weighted by atomic mass is 9.97. The summed E-state index contributed by atoms with van der Waals surface area (Å²) in [7, 11) is 0. The molecular formula is C55H33ClN4O. The molecule has 0 radical (unpaired) electrons. The van der Waals surface area contributed by atoms with Crippen LogP contribution in [0.5, 0.6) is 0 Å². The molecule has 12 aromatic rings. The van der Waals surface area contributed by atoms with Gasteiger partial charge in [-0.2, -0.15) is 0 Å². The Labute approximate surface area is 355 Å². The smallest absolute Gasteiger partial charge is 0.164 e. The summed E-state index contributed by atoms with van der Waals surface area (Å²) < 4.78 is 8.81. The van der Waals surface area contributed by atoms with Crippen molar-refractivity contribution in [2.45, 2.75) is 0 Å². The van der Waals surface area contributed by atoms with E-state index in [0.717, 1.165) is 77.2 Å². The Morgan fingerprint density at radius 1 is 0.377 bits per heavy atom. The van der Waals surface area contributed by atoms with Crippen LogP contribution in [0, 0.1) is 0 Å². The van der Waals surface area contributed by atoms with E-state index in [9.17, 15) is 0 Å². The van der Waals surface area contributed by atoms with Crippen LogP contribution in [-0.4, -0.2) is 19.5 Å². The van der Waals surface area contributed by atoms with E-state index in [1.807, 2.05) is 54.6 Å². The number of para-hydroxylation sites is 2. The third kappa shape index (κ3) is 5.97. The first-order chi connectivity index (χ1) is 30.1. The van der Waals surface area contributed by atoms with Gasteiger partial charge in [0, 0.05) is 55.6 Å². The molecule has 0 saturated heterocycles. The summed E-state index contributed by atoms with van der Waals surface area (Å²) >= 11 is 7.04. The number of halogens is 1. The first-order valence-electron chi connectivity index (χ1n) is 20.3. The van der Waals surface area contributed by atoms with Crippen molar-refractivity contribution in [1.82, 2.24) is 19.5 Å². The lowest BCUT2D eigenvalue weighted by Gasteiger charge is -2.10. The summed E-state index contributed by atoms with van der Waals surface area (Å²) in [4.78, 5) is 15.5. The molecule has 61 heavy (non-hydrogen) atoms. The summed E-state index contributed by atoms with van der Waals surface area (Å²) in [6.07, 6.45) is 0. The number of furan rings is 1. The van der Waals surface area contributed by atoms with Gasteiger partial charge in [0.05, 0.1) is 16.1 Å². The highest BCUT2D eigenvalue weighted by molar-refractivity contribution is 6.34. The summed E-state index contributed by atoms with van der Waals surface area (Å²) in [5.74, 6) is 1.73. The minimum atomic E-state index is 0.556. The molecule has 6 heteroatoms. The lowest BCUT2D eigenvalue weighted by Crippen LogP contribution is -2.00. The van der Waals surface area contributed by atoms with Crippen LogP contribution in [-0.2, 0) is 0 Å². The second-order valence-electron chi connectivity index (χ2n) is 15.3. The molecular weight excluding hydrogens is 768 g/mol. The normalized spacial score (nSPS) is 11.7. The van der Waals surface area contributed by atoms with Crippen molar-refractivity contribution in [2.75, 3.05) is 0 Å². The maximum absolute atomic E-state index is 7.04. The van der Waals surface area contributed by atoms with E-state index in [1.54, 1.807) is 0 Å². The van der Waals surface area contributed by atoms with Gasteiger partial charge in [-0.05, 0) is 82.1 Å². The number of rotatable bonds is 6. The molecule has 3 aromatic heterocycles. The number of hydrogen-bond acceptors (Lipinski definition) is 4. The van der Waals surface area contributed by atoms with Crippen molar-refractivity contribution >= 4 is 66.1 Å².